The fourth-order valence-electron chi connectivity index (χ4n) is 3.18. The van der Waals surface area contributed by atoms with Gasteiger partial charge in [-0.3, -0.25) is 9.59 Å². The number of amides is 1. The van der Waals surface area contributed by atoms with Crippen LogP contribution in [0.25, 0.3) is 0 Å². The first-order chi connectivity index (χ1) is 13.2. The summed E-state index contributed by atoms with van der Waals surface area (Å²) in [4.78, 5) is 25.9. The Hall–Kier alpha value is -3.03. The molecule has 3 rings (SSSR count). The lowest BCUT2D eigenvalue weighted by atomic mass is 9.97. The zero-order valence-corrected chi connectivity index (χ0v) is 15.3. The lowest BCUT2D eigenvalue weighted by molar-refractivity contribution is -0.125. The van der Waals surface area contributed by atoms with E-state index in [1.165, 1.54) is 6.07 Å². The highest BCUT2D eigenvalue weighted by Gasteiger charge is 2.26. The van der Waals surface area contributed by atoms with E-state index < -0.39 is 0 Å². The molecule has 0 bridgehead atoms. The predicted octanol–water partition coefficient (Wildman–Crippen LogP) is 1.19. The molecular weight excluding hydrogens is 348 g/mol. The van der Waals surface area contributed by atoms with Crippen molar-refractivity contribution in [3.05, 3.63) is 46.9 Å². The minimum absolute atomic E-state index is 0.00104. The third-order valence-electron chi connectivity index (χ3n) is 4.54. The predicted molar refractivity (Wildman–Crippen MR) is 101 cm³/mol. The van der Waals surface area contributed by atoms with Gasteiger partial charge in [-0.05, 0) is 25.0 Å². The second-order valence-corrected chi connectivity index (χ2v) is 6.38. The number of benzene rings is 1. The minimum atomic E-state index is -0.243. The van der Waals surface area contributed by atoms with Gasteiger partial charge in [0.2, 0.25) is 5.91 Å². The molecule has 1 atom stereocenters. The second-order valence-electron chi connectivity index (χ2n) is 6.38. The number of carbonyl (C=O) groups excluding carboxylic acids is 1. The number of aromatic nitrogens is 2. The molecule has 0 spiro atoms. The first kappa shape index (κ1) is 18.8. The molecule has 1 saturated heterocycles. The van der Waals surface area contributed by atoms with Gasteiger partial charge in [0.1, 0.15) is 6.61 Å². The maximum absolute atomic E-state index is 12.5. The van der Waals surface area contributed by atoms with Crippen molar-refractivity contribution in [3.8, 4) is 11.5 Å². The molecule has 8 nitrogen and oxygen atoms in total. The first-order valence-corrected chi connectivity index (χ1v) is 9.00. The summed E-state index contributed by atoms with van der Waals surface area (Å²) in [6, 6.07) is 8.91. The molecule has 0 aliphatic carbocycles. The number of hydrogen-bond donors (Lipinski definition) is 2. The number of methoxy groups -OCH3 is 1. The van der Waals surface area contributed by atoms with Gasteiger partial charge in [-0.25, -0.2) is 5.10 Å². The highest BCUT2D eigenvalue weighted by molar-refractivity contribution is 5.79. The molecule has 2 aromatic rings. The van der Waals surface area contributed by atoms with E-state index in [4.69, 9.17) is 9.47 Å². The Bertz CT molecular complexity index is 823. The fraction of sp³-hybridized carbons (Fsp3) is 0.421. The fourth-order valence-corrected chi connectivity index (χ4v) is 3.18. The summed E-state index contributed by atoms with van der Waals surface area (Å²) in [6.45, 7) is 2.16. The number of ether oxygens (including phenoxy) is 2. The lowest BCUT2D eigenvalue weighted by Gasteiger charge is -2.33. The summed E-state index contributed by atoms with van der Waals surface area (Å²) in [5, 5.41) is 9.12. The van der Waals surface area contributed by atoms with Crippen LogP contribution >= 0.6 is 0 Å². The van der Waals surface area contributed by atoms with E-state index in [2.05, 4.69) is 15.5 Å². The number of nitrogens with zero attached hydrogens (tertiary/aromatic N) is 2. The molecule has 1 amide bonds. The summed E-state index contributed by atoms with van der Waals surface area (Å²) < 4.78 is 10.9. The Morgan fingerprint density at radius 2 is 2.19 bits per heavy atom. The molecule has 0 saturated carbocycles. The smallest absolute Gasteiger partial charge is 0.266 e. The van der Waals surface area contributed by atoms with Crippen LogP contribution in [-0.4, -0.2) is 49.5 Å². The topological polar surface area (TPSA) is 96.6 Å². The number of piperidine rings is 1. The van der Waals surface area contributed by atoms with Gasteiger partial charge < -0.3 is 19.7 Å². The van der Waals surface area contributed by atoms with Gasteiger partial charge in [0.25, 0.3) is 5.56 Å². The van der Waals surface area contributed by atoms with Gasteiger partial charge in [0.15, 0.2) is 11.5 Å². The van der Waals surface area contributed by atoms with Crippen LogP contribution in [0.3, 0.4) is 0 Å². The van der Waals surface area contributed by atoms with Crippen molar-refractivity contribution in [2.24, 2.45) is 5.92 Å². The van der Waals surface area contributed by atoms with E-state index in [9.17, 15) is 9.59 Å². The van der Waals surface area contributed by atoms with Crippen LogP contribution in [0.1, 0.15) is 12.8 Å². The molecule has 144 valence electrons. The average molecular weight is 372 g/mol. The Balaban J connectivity index is 1.47. The molecule has 2 heterocycles. The standard InChI is InChI=1S/C19H24N4O4/c1-26-16-6-2-3-7-17(16)27-10-8-20-19(25)14-5-4-9-23(13-14)15-11-18(24)22-21-12-15/h2-3,6-7,11-12,14H,4-5,8-10,13H2,1H3,(H,20,25)(H,22,24). The highest BCUT2D eigenvalue weighted by atomic mass is 16.5. The van der Waals surface area contributed by atoms with Crippen LogP contribution < -0.4 is 25.2 Å². The van der Waals surface area contributed by atoms with Gasteiger partial charge >= 0.3 is 0 Å². The lowest BCUT2D eigenvalue weighted by Crippen LogP contribution is -2.44. The summed E-state index contributed by atoms with van der Waals surface area (Å²) >= 11 is 0. The molecule has 1 aliphatic rings. The monoisotopic (exact) mass is 372 g/mol. The van der Waals surface area contributed by atoms with Gasteiger partial charge in [-0.1, -0.05) is 12.1 Å². The quantitative estimate of drug-likeness (QED) is 0.709. The molecule has 8 heteroatoms. The largest absolute Gasteiger partial charge is 0.493 e. The zero-order valence-electron chi connectivity index (χ0n) is 15.3. The Labute approximate surface area is 157 Å². The summed E-state index contributed by atoms with van der Waals surface area (Å²) in [5.41, 5.74) is 0.503. The normalized spacial score (nSPS) is 16.6. The SMILES string of the molecule is COc1ccccc1OCCNC(=O)C1CCCN(c2cn[nH]c(=O)c2)C1. The Kier molecular flexibility index (Phi) is 6.30. The van der Waals surface area contributed by atoms with Crippen LogP contribution in [0.15, 0.2) is 41.3 Å². The molecule has 27 heavy (non-hydrogen) atoms. The summed E-state index contributed by atoms with van der Waals surface area (Å²) in [5.74, 6) is 1.20. The number of rotatable bonds is 7. The minimum Gasteiger partial charge on any atom is -0.493 e. The zero-order chi connectivity index (χ0) is 19.1. The summed E-state index contributed by atoms with van der Waals surface area (Å²) in [6.07, 6.45) is 3.33. The number of nitrogens with one attached hydrogen (secondary N) is 2. The number of hydrogen-bond acceptors (Lipinski definition) is 6. The number of carbonyl (C=O) groups is 1. The van der Waals surface area contributed by atoms with E-state index in [0.717, 1.165) is 25.1 Å². The van der Waals surface area contributed by atoms with Crippen molar-refractivity contribution in [1.82, 2.24) is 15.5 Å². The van der Waals surface area contributed by atoms with E-state index in [0.29, 0.717) is 31.2 Å². The first-order valence-electron chi connectivity index (χ1n) is 9.00. The van der Waals surface area contributed by atoms with Crippen LogP contribution in [0.2, 0.25) is 0 Å². The van der Waals surface area contributed by atoms with Gasteiger partial charge in [-0.15, -0.1) is 0 Å². The van der Waals surface area contributed by atoms with Gasteiger partial charge in [0.05, 0.1) is 31.5 Å². The molecule has 1 unspecified atom stereocenters. The van der Waals surface area contributed by atoms with E-state index >= 15 is 0 Å². The molecule has 1 aromatic heterocycles. The third-order valence-corrected chi connectivity index (χ3v) is 4.54. The van der Waals surface area contributed by atoms with Crippen molar-refractivity contribution in [3.63, 3.8) is 0 Å². The van der Waals surface area contributed by atoms with Crippen LogP contribution in [0.5, 0.6) is 11.5 Å². The maximum atomic E-state index is 12.5. The maximum Gasteiger partial charge on any atom is 0.266 e. The van der Waals surface area contributed by atoms with Crippen molar-refractivity contribution < 1.29 is 14.3 Å². The van der Waals surface area contributed by atoms with Crippen LogP contribution in [0.4, 0.5) is 5.69 Å². The highest BCUT2D eigenvalue weighted by Crippen LogP contribution is 2.25. The van der Waals surface area contributed by atoms with Crippen molar-refractivity contribution in [1.29, 1.82) is 0 Å². The molecular formula is C19H24N4O4. The van der Waals surface area contributed by atoms with Gasteiger partial charge in [0, 0.05) is 19.2 Å². The Morgan fingerprint density at radius 3 is 2.96 bits per heavy atom. The van der Waals surface area contributed by atoms with Crippen molar-refractivity contribution in [2.45, 2.75) is 12.8 Å². The van der Waals surface area contributed by atoms with Crippen LogP contribution in [-0.2, 0) is 4.79 Å². The number of H-pyrrole nitrogens is 1. The van der Waals surface area contributed by atoms with Crippen LogP contribution in [0, 0.1) is 5.92 Å². The number of para-hydroxylation sites is 2. The molecule has 2 N–H and O–H groups in total. The second kappa shape index (κ2) is 9.07. The van der Waals surface area contributed by atoms with E-state index in [-0.39, 0.29) is 17.4 Å². The summed E-state index contributed by atoms with van der Waals surface area (Å²) in [7, 11) is 1.59. The van der Waals surface area contributed by atoms with Gasteiger partial charge in [-0.2, -0.15) is 5.10 Å². The molecule has 0 radical (unpaired) electrons. The third kappa shape index (κ3) is 4.99. The average Bonchev–Trinajstić information content (AvgIpc) is 2.71. The molecule has 1 aromatic carbocycles. The van der Waals surface area contributed by atoms with E-state index in [1.807, 2.05) is 29.2 Å². The van der Waals surface area contributed by atoms with E-state index in [1.54, 1.807) is 13.3 Å². The number of anilines is 1. The molecule has 1 aliphatic heterocycles. The molecule has 1 fully saturated rings. The van der Waals surface area contributed by atoms with Crippen molar-refractivity contribution in [2.75, 3.05) is 38.3 Å². The Morgan fingerprint density at radius 1 is 1.37 bits per heavy atom. The number of aromatic amines is 1. The van der Waals surface area contributed by atoms with Crippen molar-refractivity contribution >= 4 is 11.6 Å².